The number of ether oxygens (including phenoxy) is 1. The number of non-ortho nitro benzene ring substituents is 1. The second kappa shape index (κ2) is 6.49. The Morgan fingerprint density at radius 3 is 2.21 bits per heavy atom. The van der Waals surface area contributed by atoms with Gasteiger partial charge in [0.15, 0.2) is 0 Å². The number of esters is 1. The van der Waals surface area contributed by atoms with Crippen LogP contribution >= 0.6 is 12.4 Å². The first-order valence-corrected chi connectivity index (χ1v) is 5.39. The molecule has 0 amide bonds. The average Bonchev–Trinajstić information content (AvgIpc) is 2.36. The zero-order valence-electron chi connectivity index (χ0n) is 11.0. The fraction of sp³-hybridized carbons (Fsp3) is 0.417. The van der Waals surface area contributed by atoms with Crippen molar-refractivity contribution >= 4 is 24.1 Å². The number of halogens is 1. The SMILES string of the molecule is COC(=O)C(C)(C)[C@@H](N)c1ccc([N+](=O)[O-])cc1.Cl. The van der Waals surface area contributed by atoms with Crippen LogP contribution in [0.2, 0.25) is 0 Å². The summed E-state index contributed by atoms with van der Waals surface area (Å²) in [6.45, 7) is 3.34. The molecule has 19 heavy (non-hydrogen) atoms. The Hall–Kier alpha value is -1.66. The number of rotatable bonds is 4. The lowest BCUT2D eigenvalue weighted by molar-refractivity contribution is -0.384. The molecule has 7 heteroatoms. The van der Waals surface area contributed by atoms with Gasteiger partial charge in [-0.15, -0.1) is 12.4 Å². The van der Waals surface area contributed by atoms with Gasteiger partial charge in [-0.3, -0.25) is 14.9 Å². The minimum atomic E-state index is -0.898. The molecule has 0 aliphatic carbocycles. The van der Waals surface area contributed by atoms with E-state index in [4.69, 9.17) is 10.5 Å². The third kappa shape index (κ3) is 3.65. The zero-order valence-corrected chi connectivity index (χ0v) is 11.8. The molecule has 0 aromatic heterocycles. The number of hydrogen-bond acceptors (Lipinski definition) is 5. The maximum Gasteiger partial charge on any atom is 0.313 e. The van der Waals surface area contributed by atoms with Crippen LogP contribution in [0.1, 0.15) is 25.5 Å². The molecule has 1 rings (SSSR count). The molecule has 0 saturated carbocycles. The lowest BCUT2D eigenvalue weighted by atomic mass is 9.81. The second-order valence-electron chi connectivity index (χ2n) is 4.54. The fourth-order valence-corrected chi connectivity index (χ4v) is 1.61. The number of nitro benzene ring substituents is 1. The molecule has 1 aromatic carbocycles. The van der Waals surface area contributed by atoms with Crippen molar-refractivity contribution in [2.75, 3.05) is 7.11 Å². The first-order valence-electron chi connectivity index (χ1n) is 5.39. The molecule has 0 radical (unpaired) electrons. The molecule has 1 aromatic rings. The number of nitrogens with zero attached hydrogens (tertiary/aromatic N) is 1. The number of nitrogens with two attached hydrogens (primary N) is 1. The van der Waals surface area contributed by atoms with Crippen LogP contribution in [0.15, 0.2) is 24.3 Å². The lowest BCUT2D eigenvalue weighted by Crippen LogP contribution is -2.37. The molecule has 6 nitrogen and oxygen atoms in total. The molecule has 0 unspecified atom stereocenters. The number of benzene rings is 1. The van der Waals surface area contributed by atoms with Crippen LogP contribution in [0.5, 0.6) is 0 Å². The summed E-state index contributed by atoms with van der Waals surface area (Å²) in [5.74, 6) is -0.423. The Balaban J connectivity index is 0.00000324. The van der Waals surface area contributed by atoms with Gasteiger partial charge in [0.2, 0.25) is 0 Å². The highest BCUT2D eigenvalue weighted by atomic mass is 35.5. The fourth-order valence-electron chi connectivity index (χ4n) is 1.61. The predicted molar refractivity (Wildman–Crippen MR) is 73.1 cm³/mol. The van der Waals surface area contributed by atoms with E-state index in [0.29, 0.717) is 5.56 Å². The first kappa shape index (κ1) is 17.3. The highest BCUT2D eigenvalue weighted by Crippen LogP contribution is 2.33. The van der Waals surface area contributed by atoms with Gasteiger partial charge in [-0.25, -0.2) is 0 Å². The molecule has 0 aliphatic heterocycles. The smallest absolute Gasteiger partial charge is 0.313 e. The van der Waals surface area contributed by atoms with Crippen molar-refractivity contribution in [3.05, 3.63) is 39.9 Å². The third-order valence-corrected chi connectivity index (χ3v) is 2.95. The van der Waals surface area contributed by atoms with Gasteiger partial charge >= 0.3 is 5.97 Å². The summed E-state index contributed by atoms with van der Waals surface area (Å²) < 4.78 is 4.69. The molecule has 0 heterocycles. The van der Waals surface area contributed by atoms with E-state index >= 15 is 0 Å². The van der Waals surface area contributed by atoms with E-state index in [9.17, 15) is 14.9 Å². The van der Waals surface area contributed by atoms with E-state index < -0.39 is 22.3 Å². The molecule has 0 aliphatic rings. The molecule has 0 spiro atoms. The van der Waals surface area contributed by atoms with Crippen molar-refractivity contribution < 1.29 is 14.5 Å². The summed E-state index contributed by atoms with van der Waals surface area (Å²) in [6, 6.07) is 5.23. The largest absolute Gasteiger partial charge is 0.469 e. The average molecular weight is 289 g/mol. The topological polar surface area (TPSA) is 95.5 Å². The van der Waals surface area contributed by atoms with Crippen molar-refractivity contribution in [2.24, 2.45) is 11.1 Å². The van der Waals surface area contributed by atoms with Gasteiger partial charge in [0.25, 0.3) is 5.69 Å². The van der Waals surface area contributed by atoms with Gasteiger partial charge < -0.3 is 10.5 Å². The van der Waals surface area contributed by atoms with Crippen molar-refractivity contribution in [1.82, 2.24) is 0 Å². The molecule has 106 valence electrons. The van der Waals surface area contributed by atoms with E-state index in [0.717, 1.165) is 0 Å². The predicted octanol–water partition coefficient (Wildman–Crippen LogP) is 2.22. The summed E-state index contributed by atoms with van der Waals surface area (Å²) >= 11 is 0. The number of carbonyl (C=O) groups excluding carboxylic acids is 1. The van der Waals surface area contributed by atoms with Crippen molar-refractivity contribution in [2.45, 2.75) is 19.9 Å². The Kier molecular flexibility index (Phi) is 5.92. The number of carbonyl (C=O) groups is 1. The quantitative estimate of drug-likeness (QED) is 0.520. The minimum absolute atomic E-state index is 0. The van der Waals surface area contributed by atoms with Crippen LogP contribution in [-0.2, 0) is 9.53 Å². The second-order valence-corrected chi connectivity index (χ2v) is 4.54. The molecular weight excluding hydrogens is 272 g/mol. The van der Waals surface area contributed by atoms with Gasteiger partial charge in [-0.1, -0.05) is 12.1 Å². The molecular formula is C12H17ClN2O4. The van der Waals surface area contributed by atoms with Crippen molar-refractivity contribution in [3.63, 3.8) is 0 Å². The van der Waals surface area contributed by atoms with Gasteiger partial charge in [0.05, 0.1) is 17.4 Å². The van der Waals surface area contributed by atoms with E-state index in [1.165, 1.54) is 19.2 Å². The Bertz CT molecular complexity index is 459. The van der Waals surface area contributed by atoms with Crippen LogP contribution in [0, 0.1) is 15.5 Å². The zero-order chi connectivity index (χ0) is 13.9. The van der Waals surface area contributed by atoms with Crippen LogP contribution in [-0.4, -0.2) is 18.0 Å². The summed E-state index contributed by atoms with van der Waals surface area (Å²) in [5.41, 5.74) is 5.74. The number of hydrogen-bond donors (Lipinski definition) is 1. The molecule has 0 bridgehead atoms. The maximum absolute atomic E-state index is 11.6. The Labute approximate surface area is 117 Å². The van der Waals surface area contributed by atoms with E-state index in [1.54, 1.807) is 26.0 Å². The number of methoxy groups -OCH3 is 1. The minimum Gasteiger partial charge on any atom is -0.469 e. The van der Waals surface area contributed by atoms with Gasteiger partial charge in [0.1, 0.15) is 0 Å². The van der Waals surface area contributed by atoms with Gasteiger partial charge in [-0.05, 0) is 19.4 Å². The first-order chi connectivity index (χ1) is 8.30. The Morgan fingerprint density at radius 2 is 1.84 bits per heavy atom. The van der Waals surface area contributed by atoms with Crippen LogP contribution in [0.4, 0.5) is 5.69 Å². The van der Waals surface area contributed by atoms with Gasteiger partial charge in [-0.2, -0.15) is 0 Å². The third-order valence-electron chi connectivity index (χ3n) is 2.95. The van der Waals surface area contributed by atoms with Crippen molar-refractivity contribution in [1.29, 1.82) is 0 Å². The summed E-state index contributed by atoms with van der Waals surface area (Å²) in [4.78, 5) is 21.7. The maximum atomic E-state index is 11.6. The van der Waals surface area contributed by atoms with E-state index in [2.05, 4.69) is 0 Å². The lowest BCUT2D eigenvalue weighted by Gasteiger charge is -2.28. The molecule has 0 fully saturated rings. The summed E-state index contributed by atoms with van der Waals surface area (Å²) in [7, 11) is 1.30. The van der Waals surface area contributed by atoms with E-state index in [1.807, 2.05) is 0 Å². The standard InChI is InChI=1S/C12H16N2O4.ClH/c1-12(2,11(15)18-3)10(13)8-4-6-9(7-5-8)14(16)17;/h4-7,10H,13H2,1-3H3;1H/t10-;/m0./s1. The van der Waals surface area contributed by atoms with Crippen LogP contribution in [0.3, 0.4) is 0 Å². The Morgan fingerprint density at radius 1 is 1.37 bits per heavy atom. The normalized spacial score (nSPS) is 12.2. The van der Waals surface area contributed by atoms with E-state index in [-0.39, 0.29) is 18.1 Å². The molecule has 2 N–H and O–H groups in total. The summed E-state index contributed by atoms with van der Waals surface area (Å²) in [5, 5.41) is 10.5. The van der Waals surface area contributed by atoms with Gasteiger partial charge in [0, 0.05) is 18.2 Å². The molecule has 1 atom stereocenters. The monoisotopic (exact) mass is 288 g/mol. The van der Waals surface area contributed by atoms with Crippen LogP contribution < -0.4 is 5.73 Å². The van der Waals surface area contributed by atoms with Crippen LogP contribution in [0.25, 0.3) is 0 Å². The molecule has 0 saturated heterocycles. The van der Waals surface area contributed by atoms with Crippen molar-refractivity contribution in [3.8, 4) is 0 Å². The highest BCUT2D eigenvalue weighted by molar-refractivity contribution is 5.85. The number of nitro groups is 1. The summed E-state index contributed by atoms with van der Waals surface area (Å²) in [6.07, 6.45) is 0. The highest BCUT2D eigenvalue weighted by Gasteiger charge is 2.36.